The topological polar surface area (TPSA) is 54.3 Å². The van der Waals surface area contributed by atoms with Gasteiger partial charge in [0, 0.05) is 37.6 Å². The molecule has 3 aromatic heterocycles. The third-order valence-electron chi connectivity index (χ3n) is 5.16. The largest absolute Gasteiger partial charge is 0.333 e. The quantitative estimate of drug-likeness (QED) is 0.475. The number of nitrogens with zero attached hydrogens (tertiary/aromatic N) is 5. The van der Waals surface area contributed by atoms with Crippen LogP contribution < -0.4 is 0 Å². The Kier molecular flexibility index (Phi) is 5.44. The van der Waals surface area contributed by atoms with Crippen molar-refractivity contribution < 1.29 is 4.79 Å². The second-order valence-corrected chi connectivity index (χ2v) is 9.11. The van der Waals surface area contributed by atoms with E-state index in [-0.39, 0.29) is 11.7 Å². The number of carbonyl (C=O) groups excluding carboxylic acids is 1. The Morgan fingerprint density at radius 3 is 2.37 bits per heavy atom. The van der Waals surface area contributed by atoms with Crippen molar-refractivity contribution in [1.29, 1.82) is 0 Å². The van der Waals surface area contributed by atoms with Crippen LogP contribution >= 0.6 is 22.7 Å². The molecule has 4 heterocycles. The summed E-state index contributed by atoms with van der Waals surface area (Å²) >= 11 is 3.37. The van der Waals surface area contributed by atoms with Crippen LogP contribution in [-0.2, 0) is 6.54 Å². The van der Waals surface area contributed by atoms with Crippen molar-refractivity contribution in [3.8, 4) is 16.4 Å². The number of rotatable bonds is 5. The van der Waals surface area contributed by atoms with Gasteiger partial charge in [-0.1, -0.05) is 30.3 Å². The highest BCUT2D eigenvalue weighted by molar-refractivity contribution is 7.13. The Bertz CT molecular complexity index is 1100. The highest BCUT2D eigenvalue weighted by atomic mass is 32.1. The summed E-state index contributed by atoms with van der Waals surface area (Å²) in [5.74, 6) is 0.864. The maximum atomic E-state index is 13.2. The average molecular weight is 436 g/mol. The second kappa shape index (κ2) is 8.51. The van der Waals surface area contributed by atoms with Gasteiger partial charge in [-0.15, -0.1) is 27.8 Å². The van der Waals surface area contributed by atoms with Gasteiger partial charge in [0.05, 0.1) is 10.6 Å². The summed E-state index contributed by atoms with van der Waals surface area (Å²) in [5, 5.41) is 8.71. The zero-order valence-corrected chi connectivity index (χ0v) is 18.0. The van der Waals surface area contributed by atoms with Gasteiger partial charge < -0.3 is 4.90 Å². The lowest BCUT2D eigenvalue weighted by Gasteiger charge is -2.33. The average Bonchev–Trinajstić information content (AvgIpc) is 3.55. The Morgan fingerprint density at radius 1 is 0.900 bits per heavy atom. The fourth-order valence-electron chi connectivity index (χ4n) is 3.59. The normalized spacial score (nSPS) is 14.9. The molecule has 4 aromatic rings. The van der Waals surface area contributed by atoms with E-state index in [9.17, 15) is 4.79 Å². The minimum Gasteiger partial charge on any atom is -0.333 e. The molecule has 30 heavy (non-hydrogen) atoms. The van der Waals surface area contributed by atoms with Gasteiger partial charge in [0.25, 0.3) is 5.91 Å². The minimum absolute atomic E-state index is 0.0988. The molecular formula is C22H21N5OS2. The number of aromatic nitrogens is 3. The Morgan fingerprint density at radius 2 is 1.67 bits per heavy atom. The number of carbonyl (C=O) groups is 1. The number of thiophene rings is 2. The first-order valence-electron chi connectivity index (χ1n) is 9.88. The van der Waals surface area contributed by atoms with E-state index in [2.05, 4.69) is 32.5 Å². The Hall–Kier alpha value is -2.81. The van der Waals surface area contributed by atoms with Crippen LogP contribution in [0.15, 0.2) is 65.4 Å². The predicted octanol–water partition coefficient (Wildman–Crippen LogP) is 4.02. The van der Waals surface area contributed by atoms with Crippen LogP contribution in [0.1, 0.15) is 15.5 Å². The van der Waals surface area contributed by atoms with Crippen LogP contribution in [0, 0.1) is 0 Å². The SMILES string of the molecule is O=C(c1nc(-c2cccs2)n(-c2ccccc2)n1)N1CCN(Cc2cccs2)CC1. The molecule has 0 atom stereocenters. The van der Waals surface area contributed by atoms with Gasteiger partial charge in [-0.05, 0) is 35.0 Å². The van der Waals surface area contributed by atoms with Crippen molar-refractivity contribution in [2.24, 2.45) is 0 Å². The highest BCUT2D eigenvalue weighted by Crippen LogP contribution is 2.26. The molecule has 0 N–H and O–H groups in total. The van der Waals surface area contributed by atoms with E-state index in [0.717, 1.165) is 30.2 Å². The van der Waals surface area contributed by atoms with Gasteiger partial charge in [-0.2, -0.15) is 0 Å². The van der Waals surface area contributed by atoms with Crippen LogP contribution in [0.3, 0.4) is 0 Å². The minimum atomic E-state index is -0.0988. The van der Waals surface area contributed by atoms with Gasteiger partial charge >= 0.3 is 0 Å². The van der Waals surface area contributed by atoms with Crippen molar-refractivity contribution in [3.05, 3.63) is 76.1 Å². The second-order valence-electron chi connectivity index (χ2n) is 7.13. The smallest absolute Gasteiger partial charge is 0.293 e. The summed E-state index contributed by atoms with van der Waals surface area (Å²) in [6.07, 6.45) is 0. The number of amides is 1. The summed E-state index contributed by atoms with van der Waals surface area (Å²) < 4.78 is 1.77. The summed E-state index contributed by atoms with van der Waals surface area (Å²) in [4.78, 5) is 24.4. The van der Waals surface area contributed by atoms with Gasteiger partial charge in [0.15, 0.2) is 5.82 Å². The van der Waals surface area contributed by atoms with E-state index in [1.54, 1.807) is 27.4 Å². The van der Waals surface area contributed by atoms with Crippen LogP contribution in [0.25, 0.3) is 16.4 Å². The van der Waals surface area contributed by atoms with E-state index >= 15 is 0 Å². The number of benzene rings is 1. The fourth-order valence-corrected chi connectivity index (χ4v) is 5.04. The number of piperazine rings is 1. The summed E-state index contributed by atoms with van der Waals surface area (Å²) in [5.41, 5.74) is 0.896. The van der Waals surface area contributed by atoms with Crippen LogP contribution in [-0.4, -0.2) is 56.7 Å². The molecule has 0 unspecified atom stereocenters. The van der Waals surface area contributed by atoms with E-state index in [4.69, 9.17) is 0 Å². The zero-order valence-electron chi connectivity index (χ0n) is 16.3. The summed E-state index contributed by atoms with van der Waals surface area (Å²) in [6, 6.07) is 18.1. The molecule has 1 saturated heterocycles. The van der Waals surface area contributed by atoms with Gasteiger partial charge in [-0.3, -0.25) is 9.69 Å². The third kappa shape index (κ3) is 3.94. The molecule has 1 aliphatic heterocycles. The molecule has 8 heteroatoms. The van der Waals surface area contributed by atoms with Crippen molar-refractivity contribution in [1.82, 2.24) is 24.6 Å². The molecule has 6 nitrogen and oxygen atoms in total. The molecular weight excluding hydrogens is 414 g/mol. The van der Waals surface area contributed by atoms with Crippen molar-refractivity contribution in [2.75, 3.05) is 26.2 Å². The maximum absolute atomic E-state index is 13.2. The highest BCUT2D eigenvalue weighted by Gasteiger charge is 2.27. The number of hydrogen-bond acceptors (Lipinski definition) is 6. The molecule has 1 amide bonds. The maximum Gasteiger partial charge on any atom is 0.293 e. The number of hydrogen-bond donors (Lipinski definition) is 0. The van der Waals surface area contributed by atoms with Crippen molar-refractivity contribution >= 4 is 28.6 Å². The molecule has 0 spiro atoms. The third-order valence-corrected chi connectivity index (χ3v) is 6.89. The van der Waals surface area contributed by atoms with Crippen LogP contribution in [0.4, 0.5) is 0 Å². The zero-order chi connectivity index (χ0) is 20.3. The van der Waals surface area contributed by atoms with Gasteiger partial charge in [-0.25, -0.2) is 9.67 Å². The van der Waals surface area contributed by atoms with Gasteiger partial charge in [0.1, 0.15) is 0 Å². The van der Waals surface area contributed by atoms with E-state index in [1.165, 1.54) is 4.88 Å². The van der Waals surface area contributed by atoms with Crippen molar-refractivity contribution in [2.45, 2.75) is 6.54 Å². The fraction of sp³-hybridized carbons (Fsp3) is 0.227. The molecule has 5 rings (SSSR count). The molecule has 0 radical (unpaired) electrons. The van der Waals surface area contributed by atoms with E-state index in [0.29, 0.717) is 18.9 Å². The number of para-hydroxylation sites is 1. The molecule has 0 saturated carbocycles. The summed E-state index contributed by atoms with van der Waals surface area (Å²) in [7, 11) is 0. The van der Waals surface area contributed by atoms with E-state index in [1.807, 2.05) is 52.7 Å². The Balaban J connectivity index is 1.35. The molecule has 152 valence electrons. The lowest BCUT2D eigenvalue weighted by atomic mass is 10.3. The predicted molar refractivity (Wildman–Crippen MR) is 120 cm³/mol. The molecule has 0 bridgehead atoms. The first-order valence-corrected chi connectivity index (χ1v) is 11.6. The van der Waals surface area contributed by atoms with Gasteiger partial charge in [0.2, 0.25) is 5.82 Å². The molecule has 1 fully saturated rings. The Labute approximate surface area is 183 Å². The van der Waals surface area contributed by atoms with Crippen LogP contribution in [0.5, 0.6) is 0 Å². The van der Waals surface area contributed by atoms with Crippen LogP contribution in [0.2, 0.25) is 0 Å². The summed E-state index contributed by atoms with van der Waals surface area (Å²) in [6.45, 7) is 4.06. The first-order chi connectivity index (χ1) is 14.8. The standard InChI is InChI=1S/C22H21N5OS2/c28-22(26-12-10-25(11-13-26)16-18-8-4-14-29-18)20-23-21(19-9-5-15-30-19)27(24-20)17-6-2-1-3-7-17/h1-9,14-15H,10-13,16H2. The van der Waals surface area contributed by atoms with Crippen molar-refractivity contribution in [3.63, 3.8) is 0 Å². The lowest BCUT2D eigenvalue weighted by Crippen LogP contribution is -2.48. The monoisotopic (exact) mass is 435 g/mol. The first kappa shape index (κ1) is 19.2. The van der Waals surface area contributed by atoms with E-state index < -0.39 is 0 Å². The molecule has 0 aliphatic carbocycles. The lowest BCUT2D eigenvalue weighted by molar-refractivity contribution is 0.0618. The molecule has 1 aromatic carbocycles. The molecule has 1 aliphatic rings.